The van der Waals surface area contributed by atoms with E-state index in [9.17, 15) is 14.4 Å². The Labute approximate surface area is 165 Å². The minimum atomic E-state index is -0.112. The molecule has 2 aromatic carbocycles. The van der Waals surface area contributed by atoms with Crippen LogP contribution in [0.4, 0.5) is 5.69 Å². The first-order valence-electron chi connectivity index (χ1n) is 9.76. The fourth-order valence-electron chi connectivity index (χ4n) is 3.51. The van der Waals surface area contributed by atoms with Crippen molar-refractivity contribution in [2.24, 2.45) is 5.92 Å². The van der Waals surface area contributed by atoms with Crippen LogP contribution in [-0.4, -0.2) is 35.6 Å². The molecule has 2 aromatic rings. The molecule has 1 aliphatic heterocycles. The number of benzene rings is 2. The second-order valence-corrected chi connectivity index (χ2v) is 7.27. The highest BCUT2D eigenvalue weighted by Crippen LogP contribution is 2.21. The molecule has 5 heteroatoms. The number of hydrogen-bond acceptors (Lipinski definition) is 3. The van der Waals surface area contributed by atoms with Crippen molar-refractivity contribution < 1.29 is 14.4 Å². The van der Waals surface area contributed by atoms with Gasteiger partial charge in [0.15, 0.2) is 5.78 Å². The molecule has 0 unspecified atom stereocenters. The molecular weight excluding hydrogens is 352 g/mol. The molecule has 0 atom stereocenters. The Kier molecular flexibility index (Phi) is 6.58. The Morgan fingerprint density at radius 3 is 2.39 bits per heavy atom. The van der Waals surface area contributed by atoms with E-state index in [1.807, 2.05) is 35.2 Å². The van der Waals surface area contributed by atoms with Gasteiger partial charge in [0.05, 0.1) is 0 Å². The first-order valence-corrected chi connectivity index (χ1v) is 9.76. The second-order valence-electron chi connectivity index (χ2n) is 7.27. The van der Waals surface area contributed by atoms with Gasteiger partial charge in [0.1, 0.15) is 0 Å². The minimum Gasteiger partial charge on any atom is -0.343 e. The SMILES string of the molecule is CC(=O)c1cccc(NC(=O)C2CCN(C(=O)CCc3ccccc3)CC2)c1. The molecular formula is C23H26N2O3. The molecule has 5 nitrogen and oxygen atoms in total. The highest BCUT2D eigenvalue weighted by atomic mass is 16.2. The average Bonchev–Trinajstić information content (AvgIpc) is 2.73. The van der Waals surface area contributed by atoms with Crippen molar-refractivity contribution in [3.8, 4) is 0 Å². The summed E-state index contributed by atoms with van der Waals surface area (Å²) in [5, 5.41) is 2.90. The first kappa shape index (κ1) is 19.8. The molecule has 3 rings (SSSR count). The zero-order valence-electron chi connectivity index (χ0n) is 16.2. The average molecular weight is 378 g/mol. The maximum atomic E-state index is 12.5. The Morgan fingerprint density at radius 1 is 1.00 bits per heavy atom. The van der Waals surface area contributed by atoms with Crippen LogP contribution in [0, 0.1) is 5.92 Å². The van der Waals surface area contributed by atoms with E-state index in [1.54, 1.807) is 24.3 Å². The molecule has 0 aromatic heterocycles. The van der Waals surface area contributed by atoms with Gasteiger partial charge in [-0.3, -0.25) is 14.4 Å². The lowest BCUT2D eigenvalue weighted by molar-refractivity contribution is -0.134. The number of Topliss-reactive ketones (excluding diaryl/α,β-unsaturated/α-hetero) is 1. The number of carbonyl (C=O) groups is 3. The summed E-state index contributed by atoms with van der Waals surface area (Å²) in [5.74, 6) is -0.0356. The highest BCUT2D eigenvalue weighted by Gasteiger charge is 2.27. The predicted octanol–water partition coefficient (Wildman–Crippen LogP) is 3.70. The number of hydrogen-bond donors (Lipinski definition) is 1. The number of nitrogens with zero attached hydrogens (tertiary/aromatic N) is 1. The largest absolute Gasteiger partial charge is 0.343 e. The summed E-state index contributed by atoms with van der Waals surface area (Å²) in [6.07, 6.45) is 2.57. The van der Waals surface area contributed by atoms with Gasteiger partial charge in [0.2, 0.25) is 11.8 Å². The molecule has 1 aliphatic rings. The van der Waals surface area contributed by atoms with Crippen molar-refractivity contribution in [2.75, 3.05) is 18.4 Å². The van der Waals surface area contributed by atoms with Crippen LogP contribution in [0.15, 0.2) is 54.6 Å². The van der Waals surface area contributed by atoms with Gasteiger partial charge in [-0.05, 0) is 43.9 Å². The van der Waals surface area contributed by atoms with E-state index >= 15 is 0 Å². The molecule has 0 saturated carbocycles. The van der Waals surface area contributed by atoms with E-state index in [0.717, 1.165) is 12.0 Å². The number of piperidine rings is 1. The van der Waals surface area contributed by atoms with Crippen molar-refractivity contribution in [3.05, 3.63) is 65.7 Å². The van der Waals surface area contributed by atoms with Gasteiger partial charge in [0, 0.05) is 36.7 Å². The van der Waals surface area contributed by atoms with Crippen LogP contribution in [-0.2, 0) is 16.0 Å². The lowest BCUT2D eigenvalue weighted by Crippen LogP contribution is -2.41. The molecule has 0 bridgehead atoms. The summed E-state index contributed by atoms with van der Waals surface area (Å²) >= 11 is 0. The van der Waals surface area contributed by atoms with E-state index < -0.39 is 0 Å². The zero-order valence-corrected chi connectivity index (χ0v) is 16.2. The summed E-state index contributed by atoms with van der Waals surface area (Å²) < 4.78 is 0. The van der Waals surface area contributed by atoms with E-state index in [2.05, 4.69) is 5.32 Å². The maximum Gasteiger partial charge on any atom is 0.227 e. The summed E-state index contributed by atoms with van der Waals surface area (Å²) in [5.41, 5.74) is 2.38. The van der Waals surface area contributed by atoms with E-state index in [0.29, 0.717) is 43.6 Å². The molecule has 28 heavy (non-hydrogen) atoms. The normalized spacial score (nSPS) is 14.5. The van der Waals surface area contributed by atoms with Crippen LogP contribution < -0.4 is 5.32 Å². The lowest BCUT2D eigenvalue weighted by Gasteiger charge is -2.31. The third-order valence-corrected chi connectivity index (χ3v) is 5.23. The van der Waals surface area contributed by atoms with Crippen molar-refractivity contribution in [1.82, 2.24) is 4.90 Å². The molecule has 0 aliphatic carbocycles. The van der Waals surface area contributed by atoms with Crippen LogP contribution in [0.25, 0.3) is 0 Å². The summed E-state index contributed by atoms with van der Waals surface area (Å²) in [7, 11) is 0. The zero-order chi connectivity index (χ0) is 19.9. The first-order chi connectivity index (χ1) is 13.5. The van der Waals surface area contributed by atoms with Gasteiger partial charge < -0.3 is 10.2 Å². The Bertz CT molecular complexity index is 840. The van der Waals surface area contributed by atoms with Gasteiger partial charge >= 0.3 is 0 Å². The van der Waals surface area contributed by atoms with Crippen molar-refractivity contribution in [2.45, 2.75) is 32.6 Å². The highest BCUT2D eigenvalue weighted by molar-refractivity contribution is 5.97. The van der Waals surface area contributed by atoms with Crippen LogP contribution in [0.1, 0.15) is 42.1 Å². The molecule has 0 radical (unpaired) electrons. The van der Waals surface area contributed by atoms with E-state index in [-0.39, 0.29) is 23.5 Å². The third-order valence-electron chi connectivity index (χ3n) is 5.23. The Hall–Kier alpha value is -2.95. The number of anilines is 1. The monoisotopic (exact) mass is 378 g/mol. The fraction of sp³-hybridized carbons (Fsp3) is 0.348. The fourth-order valence-corrected chi connectivity index (χ4v) is 3.51. The van der Waals surface area contributed by atoms with Crippen molar-refractivity contribution in [1.29, 1.82) is 0 Å². The standard InChI is InChI=1S/C23H26N2O3/c1-17(26)20-8-5-9-21(16-20)24-23(28)19-12-14-25(15-13-19)22(27)11-10-18-6-3-2-4-7-18/h2-9,16,19H,10-15H2,1H3,(H,24,28). The van der Waals surface area contributed by atoms with Crippen LogP contribution in [0.5, 0.6) is 0 Å². The third kappa shape index (κ3) is 5.28. The number of aryl methyl sites for hydroxylation is 1. The number of amides is 2. The molecule has 1 heterocycles. The molecule has 1 saturated heterocycles. The van der Waals surface area contributed by atoms with Gasteiger partial charge in [-0.25, -0.2) is 0 Å². The predicted molar refractivity (Wildman–Crippen MR) is 109 cm³/mol. The van der Waals surface area contributed by atoms with Gasteiger partial charge in [-0.2, -0.15) is 0 Å². The Morgan fingerprint density at radius 2 is 1.71 bits per heavy atom. The summed E-state index contributed by atoms with van der Waals surface area (Å²) in [6.45, 7) is 2.73. The van der Waals surface area contributed by atoms with Gasteiger partial charge in [-0.15, -0.1) is 0 Å². The Balaban J connectivity index is 1.46. The van der Waals surface area contributed by atoms with E-state index in [4.69, 9.17) is 0 Å². The molecule has 1 fully saturated rings. The summed E-state index contributed by atoms with van der Waals surface area (Å²) in [6, 6.07) is 17.0. The second kappa shape index (κ2) is 9.31. The van der Waals surface area contributed by atoms with E-state index in [1.165, 1.54) is 6.92 Å². The summed E-state index contributed by atoms with van der Waals surface area (Å²) in [4.78, 5) is 38.3. The van der Waals surface area contributed by atoms with Crippen molar-refractivity contribution in [3.63, 3.8) is 0 Å². The van der Waals surface area contributed by atoms with Crippen LogP contribution in [0.2, 0.25) is 0 Å². The number of nitrogens with one attached hydrogen (secondary N) is 1. The molecule has 146 valence electrons. The molecule has 1 N–H and O–H groups in total. The molecule has 0 spiro atoms. The lowest BCUT2D eigenvalue weighted by atomic mass is 9.95. The number of ketones is 1. The topological polar surface area (TPSA) is 66.5 Å². The van der Waals surface area contributed by atoms with Crippen LogP contribution in [0.3, 0.4) is 0 Å². The number of likely N-dealkylation sites (tertiary alicyclic amines) is 1. The smallest absolute Gasteiger partial charge is 0.227 e. The minimum absolute atomic E-state index is 0.0292. The quantitative estimate of drug-likeness (QED) is 0.780. The van der Waals surface area contributed by atoms with Gasteiger partial charge in [0.25, 0.3) is 0 Å². The van der Waals surface area contributed by atoms with Crippen LogP contribution >= 0.6 is 0 Å². The molecule has 2 amide bonds. The number of carbonyl (C=O) groups excluding carboxylic acids is 3. The maximum absolute atomic E-state index is 12.5. The number of rotatable bonds is 6. The van der Waals surface area contributed by atoms with Gasteiger partial charge in [-0.1, -0.05) is 42.5 Å². The van der Waals surface area contributed by atoms with Crippen molar-refractivity contribution >= 4 is 23.3 Å².